The summed E-state index contributed by atoms with van der Waals surface area (Å²) in [6.45, 7) is 0. The van der Waals surface area contributed by atoms with Gasteiger partial charge in [-0.25, -0.2) is 4.57 Å². The summed E-state index contributed by atoms with van der Waals surface area (Å²) in [7, 11) is -4.81. The molecule has 5 N–H and O–H groups in total. The van der Waals surface area contributed by atoms with Gasteiger partial charge in [-0.1, -0.05) is 4.73 Å². The van der Waals surface area contributed by atoms with Crippen molar-refractivity contribution in [3.63, 3.8) is 0 Å². The highest BCUT2D eigenvalue weighted by molar-refractivity contribution is 7.46. The molecule has 1 fully saturated rings. The van der Waals surface area contributed by atoms with Gasteiger partial charge < -0.3 is 15.9 Å². The van der Waals surface area contributed by atoms with E-state index in [-0.39, 0.29) is 6.15 Å². The van der Waals surface area contributed by atoms with Gasteiger partial charge in [-0.05, 0) is 4.53 Å². The number of alkyl halides is 6. The Kier molecular flexibility index (Phi) is 11.7. The molecule has 0 aromatic rings. The molecule has 0 bridgehead atoms. The van der Waals surface area contributed by atoms with Crippen molar-refractivity contribution in [2.24, 2.45) is 0 Å². The van der Waals surface area contributed by atoms with Gasteiger partial charge >= 0.3 is 7.82 Å². The first-order valence-electron chi connectivity index (χ1n) is 4.23. The van der Waals surface area contributed by atoms with E-state index in [9.17, 15) is 4.53 Å². The summed E-state index contributed by atoms with van der Waals surface area (Å²) >= 11 is 35.3. The fourth-order valence-electron chi connectivity index (χ4n) is 1.05. The van der Waals surface area contributed by atoms with E-state index >= 15 is 0 Å². The molecule has 5 nitrogen and oxygen atoms in total. The standard InChI is InChI=1S/C6H6Cl6.FH2O4P.H3N/c7-1-2(8)4(10)6(12)5(11)3(1)9;1-5-6(2,3)4;/h1-6H;(H2,2,3,4);1H3/t1-,2-,3-,4+,5+,6+;;. The lowest BCUT2D eigenvalue weighted by Gasteiger charge is -2.37. The van der Waals surface area contributed by atoms with Crippen LogP contribution >= 0.6 is 77.4 Å². The van der Waals surface area contributed by atoms with Gasteiger partial charge in [-0.2, -0.15) is 0 Å². The van der Waals surface area contributed by atoms with Crippen LogP contribution in [0.2, 0.25) is 0 Å². The summed E-state index contributed by atoms with van der Waals surface area (Å²) in [5, 5.41) is -2.62. The molecule has 118 valence electrons. The highest BCUT2D eigenvalue weighted by Crippen LogP contribution is 2.39. The lowest BCUT2D eigenvalue weighted by Crippen LogP contribution is -2.52. The molecule has 0 amide bonds. The smallest absolute Gasteiger partial charge is 0.344 e. The van der Waals surface area contributed by atoms with Crippen LogP contribution in [-0.2, 0) is 9.29 Å². The minimum Gasteiger partial charge on any atom is -0.344 e. The fourth-order valence-corrected chi connectivity index (χ4v) is 3.38. The molecule has 1 aliphatic carbocycles. The number of rotatable bonds is 1. The van der Waals surface area contributed by atoms with E-state index < -0.39 is 40.1 Å². The molecule has 19 heavy (non-hydrogen) atoms. The van der Waals surface area contributed by atoms with E-state index in [0.29, 0.717) is 0 Å². The third-order valence-electron chi connectivity index (χ3n) is 1.92. The van der Waals surface area contributed by atoms with Crippen molar-refractivity contribution in [1.82, 2.24) is 6.15 Å². The summed E-state index contributed by atoms with van der Waals surface area (Å²) in [5.74, 6) is 0. The Hall–Kier alpha value is 1.74. The maximum absolute atomic E-state index is 10.2. The van der Waals surface area contributed by atoms with E-state index in [4.69, 9.17) is 84.0 Å². The van der Waals surface area contributed by atoms with Crippen molar-refractivity contribution in [2.45, 2.75) is 32.3 Å². The zero-order valence-corrected chi connectivity index (χ0v) is 14.4. The maximum atomic E-state index is 10.2. The molecule has 0 spiro atoms. The van der Waals surface area contributed by atoms with Crippen molar-refractivity contribution in [3.05, 3.63) is 0 Å². The molecule has 1 rings (SSSR count). The first-order chi connectivity index (χ1) is 8.02. The predicted molar refractivity (Wildman–Crippen MR) is 77.1 cm³/mol. The van der Waals surface area contributed by atoms with Crippen LogP contribution in [0.4, 0.5) is 4.53 Å². The van der Waals surface area contributed by atoms with Crippen LogP contribution in [-0.4, -0.2) is 42.0 Å². The van der Waals surface area contributed by atoms with E-state index in [0.717, 1.165) is 0 Å². The molecule has 1 saturated carbocycles. The molecule has 13 heteroatoms. The Morgan fingerprint density at radius 1 is 0.789 bits per heavy atom. The molecule has 0 heterocycles. The Labute approximate surface area is 139 Å². The van der Waals surface area contributed by atoms with Crippen molar-refractivity contribution in [2.75, 3.05) is 0 Å². The third kappa shape index (κ3) is 7.52. The normalized spacial score (nSPS) is 38.8. The molecule has 0 atom stereocenters. The van der Waals surface area contributed by atoms with Gasteiger partial charge in [0.15, 0.2) is 0 Å². The topological polar surface area (TPSA) is 102 Å². The first kappa shape index (κ1) is 23.0. The van der Waals surface area contributed by atoms with Crippen LogP contribution in [0, 0.1) is 0 Å². The predicted octanol–water partition coefficient (Wildman–Crippen LogP) is 3.79. The van der Waals surface area contributed by atoms with Crippen LogP contribution in [0.15, 0.2) is 0 Å². The molecular formula is C6H11Cl6FNO4P. The largest absolute Gasteiger partial charge is 0.500 e. The van der Waals surface area contributed by atoms with Crippen molar-refractivity contribution in [1.29, 1.82) is 0 Å². The maximum Gasteiger partial charge on any atom is 0.500 e. The Bertz CT molecular complexity index is 253. The van der Waals surface area contributed by atoms with Crippen molar-refractivity contribution < 1.29 is 23.6 Å². The minimum absolute atomic E-state index is 0. The van der Waals surface area contributed by atoms with Gasteiger partial charge in [-0.3, -0.25) is 0 Å². The molecule has 0 radical (unpaired) electrons. The molecule has 0 aromatic carbocycles. The van der Waals surface area contributed by atoms with Gasteiger partial charge in [0.25, 0.3) is 0 Å². The Morgan fingerprint density at radius 2 is 0.895 bits per heavy atom. The highest BCUT2D eigenvalue weighted by Gasteiger charge is 2.46. The zero-order chi connectivity index (χ0) is 14.7. The van der Waals surface area contributed by atoms with E-state index in [1.807, 2.05) is 0 Å². The van der Waals surface area contributed by atoms with Gasteiger partial charge in [0.05, 0.1) is 32.3 Å². The zero-order valence-electron chi connectivity index (χ0n) is 8.98. The Balaban J connectivity index is 0. The molecule has 0 saturated heterocycles. The quantitative estimate of drug-likeness (QED) is 0.440. The molecule has 0 unspecified atom stereocenters. The summed E-state index contributed by atoms with van der Waals surface area (Å²) < 4.78 is 21.4. The number of hydrogen-bond donors (Lipinski definition) is 3. The van der Waals surface area contributed by atoms with Gasteiger partial charge in [-0.15, -0.1) is 69.6 Å². The van der Waals surface area contributed by atoms with E-state index in [1.54, 1.807) is 0 Å². The summed E-state index contributed by atoms with van der Waals surface area (Å²) in [6.07, 6.45) is 0. The second-order valence-electron chi connectivity index (χ2n) is 3.23. The second kappa shape index (κ2) is 9.70. The van der Waals surface area contributed by atoms with E-state index in [1.165, 1.54) is 0 Å². The van der Waals surface area contributed by atoms with Gasteiger partial charge in [0.1, 0.15) is 0 Å². The second-order valence-corrected chi connectivity index (χ2v) is 7.37. The fraction of sp³-hybridized carbons (Fsp3) is 1.00. The van der Waals surface area contributed by atoms with Crippen molar-refractivity contribution in [3.8, 4) is 0 Å². The van der Waals surface area contributed by atoms with Crippen LogP contribution < -0.4 is 6.15 Å². The monoisotopic (exact) mass is 421 g/mol. The number of hydrogen-bond acceptors (Lipinski definition) is 3. The third-order valence-corrected chi connectivity index (χ3v) is 6.13. The lowest BCUT2D eigenvalue weighted by molar-refractivity contribution is -0.0389. The summed E-state index contributed by atoms with van der Waals surface area (Å²) in [6, 6.07) is 0. The highest BCUT2D eigenvalue weighted by atomic mass is 35.5. The molecule has 0 aliphatic heterocycles. The molecule has 1 aliphatic rings. The lowest BCUT2D eigenvalue weighted by atomic mass is 9.97. The molecular weight excluding hydrogens is 413 g/mol. The van der Waals surface area contributed by atoms with Gasteiger partial charge in [0.2, 0.25) is 0 Å². The van der Waals surface area contributed by atoms with Crippen LogP contribution in [0.25, 0.3) is 0 Å². The summed E-state index contributed by atoms with van der Waals surface area (Å²) in [5.41, 5.74) is 0. The summed E-state index contributed by atoms with van der Waals surface area (Å²) in [4.78, 5) is 14.7. The average Bonchev–Trinajstić information content (AvgIpc) is 2.31. The number of phosphoric acid groups is 1. The number of halogens is 7. The van der Waals surface area contributed by atoms with Crippen LogP contribution in [0.1, 0.15) is 0 Å². The Morgan fingerprint density at radius 3 is 0.947 bits per heavy atom. The average molecular weight is 424 g/mol. The van der Waals surface area contributed by atoms with Crippen LogP contribution in [0.5, 0.6) is 0 Å². The SMILES string of the molecule is Cl[C@H]1[C@H](Cl)[C@@H](Cl)[C@@H](Cl)[C@H](Cl)[C@H]1Cl.N.O=P(O)(O)OF. The van der Waals surface area contributed by atoms with Gasteiger partial charge in [0, 0.05) is 0 Å². The molecule has 0 aromatic heterocycles. The first-order valence-corrected chi connectivity index (χ1v) is 8.38. The van der Waals surface area contributed by atoms with E-state index in [2.05, 4.69) is 4.73 Å². The van der Waals surface area contributed by atoms with Crippen molar-refractivity contribution >= 4 is 77.4 Å². The minimum atomic E-state index is -4.81. The van der Waals surface area contributed by atoms with Crippen LogP contribution in [0.3, 0.4) is 0 Å².